The number of ether oxygens (including phenoxy) is 3. The second-order valence-electron chi connectivity index (χ2n) is 8.72. The fraction of sp³-hybridized carbons (Fsp3) is 0.259. The number of anilines is 1. The van der Waals surface area contributed by atoms with Crippen molar-refractivity contribution >= 4 is 38.9 Å². The van der Waals surface area contributed by atoms with Gasteiger partial charge in [-0.05, 0) is 58.1 Å². The molecular formula is C27H24BrClN2O5. The molecule has 9 heteroatoms. The number of hydrogen-bond donors (Lipinski definition) is 1. The first-order valence-corrected chi connectivity index (χ1v) is 12.6. The van der Waals surface area contributed by atoms with Crippen molar-refractivity contribution in [3.05, 3.63) is 97.0 Å². The Kier molecular flexibility index (Phi) is 6.81. The van der Waals surface area contributed by atoms with Gasteiger partial charge in [0.25, 0.3) is 5.69 Å². The molecule has 0 fully saturated rings. The molecule has 0 spiro atoms. The van der Waals surface area contributed by atoms with Gasteiger partial charge in [0, 0.05) is 22.6 Å². The topological polar surface area (TPSA) is 82.9 Å². The molecule has 3 aromatic rings. The predicted molar refractivity (Wildman–Crippen MR) is 142 cm³/mol. The van der Waals surface area contributed by atoms with Crippen LogP contribution in [0.4, 0.5) is 11.4 Å². The van der Waals surface area contributed by atoms with Crippen molar-refractivity contribution in [2.24, 2.45) is 5.92 Å². The summed E-state index contributed by atoms with van der Waals surface area (Å²) >= 11 is 9.95. The molecule has 36 heavy (non-hydrogen) atoms. The molecule has 0 amide bonds. The SMILES string of the molecule is COc1ccc([N+](=O)[O-])c2c1N[C@H](c1cc(Br)c(OCc3ccccc3Cl)c(OC)c1)[C@@H]1CC=C[C@H]21. The lowest BCUT2D eigenvalue weighted by Gasteiger charge is -2.38. The van der Waals surface area contributed by atoms with Crippen LogP contribution in [0.15, 0.2) is 65.2 Å². The number of allylic oxidation sites excluding steroid dienone is 2. The number of nitro benzene ring substituents is 1. The summed E-state index contributed by atoms with van der Waals surface area (Å²) in [6.07, 6.45) is 4.95. The molecule has 3 aromatic carbocycles. The molecule has 7 nitrogen and oxygen atoms in total. The van der Waals surface area contributed by atoms with Crippen molar-refractivity contribution in [2.75, 3.05) is 19.5 Å². The maximum Gasteiger partial charge on any atom is 0.275 e. The number of halogens is 2. The van der Waals surface area contributed by atoms with Crippen molar-refractivity contribution in [3.8, 4) is 17.2 Å². The molecule has 186 valence electrons. The molecule has 3 atom stereocenters. The Morgan fingerprint density at radius 2 is 1.92 bits per heavy atom. The zero-order chi connectivity index (χ0) is 25.4. The van der Waals surface area contributed by atoms with Crippen LogP contribution in [0.1, 0.15) is 35.1 Å². The lowest BCUT2D eigenvalue weighted by atomic mass is 9.76. The molecule has 0 radical (unpaired) electrons. The van der Waals surface area contributed by atoms with Gasteiger partial charge in [-0.2, -0.15) is 0 Å². The predicted octanol–water partition coefficient (Wildman–Crippen LogP) is 7.43. The fourth-order valence-electron chi connectivity index (χ4n) is 5.15. The van der Waals surface area contributed by atoms with E-state index in [9.17, 15) is 10.1 Å². The minimum atomic E-state index is -0.325. The van der Waals surface area contributed by atoms with Crippen LogP contribution in [0, 0.1) is 16.0 Å². The number of hydrogen-bond acceptors (Lipinski definition) is 6. The molecule has 1 aliphatic heterocycles. The molecule has 1 heterocycles. The molecule has 1 N–H and O–H groups in total. The second-order valence-corrected chi connectivity index (χ2v) is 9.98. The van der Waals surface area contributed by atoms with Crippen molar-refractivity contribution < 1.29 is 19.1 Å². The first-order valence-electron chi connectivity index (χ1n) is 11.4. The number of methoxy groups -OCH3 is 2. The zero-order valence-corrected chi connectivity index (χ0v) is 22.0. The van der Waals surface area contributed by atoms with Gasteiger partial charge in [0.1, 0.15) is 12.4 Å². The average molecular weight is 572 g/mol. The van der Waals surface area contributed by atoms with Crippen LogP contribution in [-0.2, 0) is 6.61 Å². The maximum atomic E-state index is 11.8. The summed E-state index contributed by atoms with van der Waals surface area (Å²) in [5.41, 5.74) is 3.26. The van der Waals surface area contributed by atoms with Gasteiger partial charge >= 0.3 is 0 Å². The molecular weight excluding hydrogens is 548 g/mol. The van der Waals surface area contributed by atoms with E-state index in [0.29, 0.717) is 40.1 Å². The summed E-state index contributed by atoms with van der Waals surface area (Å²) in [5, 5.41) is 16.0. The number of rotatable bonds is 7. The Labute approximate surface area is 222 Å². The highest BCUT2D eigenvalue weighted by atomic mass is 79.9. The first-order chi connectivity index (χ1) is 17.4. The lowest BCUT2D eigenvalue weighted by molar-refractivity contribution is -0.385. The van der Waals surface area contributed by atoms with E-state index in [0.717, 1.165) is 22.0 Å². The summed E-state index contributed by atoms with van der Waals surface area (Å²) in [5.74, 6) is 1.71. The third-order valence-corrected chi connectivity index (χ3v) is 7.77. The van der Waals surface area contributed by atoms with Crippen LogP contribution in [0.3, 0.4) is 0 Å². The van der Waals surface area contributed by atoms with Gasteiger partial charge in [0.2, 0.25) is 0 Å². The molecule has 0 aromatic heterocycles. The van der Waals surface area contributed by atoms with E-state index < -0.39 is 0 Å². The second kappa shape index (κ2) is 10.0. The van der Waals surface area contributed by atoms with E-state index in [2.05, 4.69) is 33.4 Å². The molecule has 2 aliphatic rings. The molecule has 5 rings (SSSR count). The largest absolute Gasteiger partial charge is 0.495 e. The van der Waals surface area contributed by atoms with E-state index >= 15 is 0 Å². The molecule has 0 saturated carbocycles. The number of nitrogens with one attached hydrogen (secondary N) is 1. The fourth-order valence-corrected chi connectivity index (χ4v) is 5.91. The average Bonchev–Trinajstić information content (AvgIpc) is 3.37. The number of nitro groups is 1. The molecule has 0 bridgehead atoms. The van der Waals surface area contributed by atoms with Crippen molar-refractivity contribution in [1.82, 2.24) is 0 Å². The number of benzene rings is 3. The van der Waals surface area contributed by atoms with Gasteiger partial charge in [0.05, 0.1) is 40.9 Å². The summed E-state index contributed by atoms with van der Waals surface area (Å²) in [7, 11) is 3.17. The highest BCUT2D eigenvalue weighted by Gasteiger charge is 2.43. The molecule has 0 saturated heterocycles. The highest BCUT2D eigenvalue weighted by Crippen LogP contribution is 2.55. The maximum absolute atomic E-state index is 11.8. The van der Waals surface area contributed by atoms with Crippen molar-refractivity contribution in [2.45, 2.75) is 25.0 Å². The minimum absolute atomic E-state index is 0.0924. The van der Waals surface area contributed by atoms with Gasteiger partial charge in [-0.3, -0.25) is 10.1 Å². The monoisotopic (exact) mass is 570 g/mol. The summed E-state index contributed by atoms with van der Waals surface area (Å²) in [6, 6.07) is 14.5. The first kappa shape index (κ1) is 24.5. The Hall–Kier alpha value is -3.23. The summed E-state index contributed by atoms with van der Waals surface area (Å²) in [6.45, 7) is 0.290. The molecule has 1 aliphatic carbocycles. The van der Waals surface area contributed by atoms with Gasteiger partial charge in [0.15, 0.2) is 11.5 Å². The summed E-state index contributed by atoms with van der Waals surface area (Å²) in [4.78, 5) is 11.5. The number of nitrogens with zero attached hydrogens (tertiary/aromatic N) is 1. The van der Waals surface area contributed by atoms with Gasteiger partial charge in [-0.25, -0.2) is 0 Å². The van der Waals surface area contributed by atoms with E-state index in [1.807, 2.05) is 36.4 Å². The van der Waals surface area contributed by atoms with Crippen molar-refractivity contribution in [3.63, 3.8) is 0 Å². The molecule has 0 unspecified atom stereocenters. The van der Waals surface area contributed by atoms with Crippen LogP contribution < -0.4 is 19.5 Å². The minimum Gasteiger partial charge on any atom is -0.495 e. The Morgan fingerprint density at radius 1 is 1.14 bits per heavy atom. The van der Waals surface area contributed by atoms with E-state index in [1.165, 1.54) is 6.07 Å². The van der Waals surface area contributed by atoms with Gasteiger partial charge in [-0.1, -0.05) is 42.0 Å². The standard InChI is InChI=1S/C27H24BrClN2O5/c1-34-22-11-10-21(31(32)33)24-17-7-5-8-18(17)25(30-26(22)24)16-12-19(28)27(23(13-16)35-2)36-14-15-6-3-4-9-20(15)29/h3-7,9-13,17-18,25,30H,8,14H2,1-2H3/t17-,18+,25+/m0/s1. The van der Waals surface area contributed by atoms with Gasteiger partial charge in [-0.15, -0.1) is 0 Å². The van der Waals surface area contributed by atoms with E-state index in [1.54, 1.807) is 20.3 Å². The number of fused-ring (bicyclic) bond motifs is 3. The van der Waals surface area contributed by atoms with E-state index in [-0.39, 0.29) is 28.5 Å². The van der Waals surface area contributed by atoms with Crippen LogP contribution in [0.5, 0.6) is 17.2 Å². The Bertz CT molecular complexity index is 1360. The lowest BCUT2D eigenvalue weighted by Crippen LogP contribution is -2.30. The zero-order valence-electron chi connectivity index (χ0n) is 19.7. The third-order valence-electron chi connectivity index (χ3n) is 6.82. The van der Waals surface area contributed by atoms with E-state index in [4.69, 9.17) is 25.8 Å². The van der Waals surface area contributed by atoms with Crippen LogP contribution in [0.25, 0.3) is 0 Å². The summed E-state index contributed by atoms with van der Waals surface area (Å²) < 4.78 is 18.1. The van der Waals surface area contributed by atoms with Crippen LogP contribution >= 0.6 is 27.5 Å². The normalized spacial score (nSPS) is 19.7. The van der Waals surface area contributed by atoms with Gasteiger partial charge < -0.3 is 19.5 Å². The Balaban J connectivity index is 1.52. The quantitative estimate of drug-likeness (QED) is 0.180. The van der Waals surface area contributed by atoms with Crippen LogP contribution in [0.2, 0.25) is 5.02 Å². The smallest absolute Gasteiger partial charge is 0.275 e. The van der Waals surface area contributed by atoms with Crippen molar-refractivity contribution in [1.29, 1.82) is 0 Å². The third kappa shape index (κ3) is 4.29. The highest BCUT2D eigenvalue weighted by molar-refractivity contribution is 9.10. The Morgan fingerprint density at radius 3 is 2.64 bits per heavy atom. The van der Waals surface area contributed by atoms with Crippen LogP contribution in [-0.4, -0.2) is 19.1 Å².